The maximum Gasteiger partial charge on any atom is 0.416 e. The van der Waals surface area contributed by atoms with E-state index in [1.807, 2.05) is 0 Å². The molecule has 1 aliphatic carbocycles. The van der Waals surface area contributed by atoms with Gasteiger partial charge in [0.2, 0.25) is 5.91 Å². The molecule has 1 aromatic rings. The van der Waals surface area contributed by atoms with E-state index < -0.39 is 23.0 Å². The van der Waals surface area contributed by atoms with Crippen molar-refractivity contribution in [3.05, 3.63) is 35.1 Å². The molecule has 1 fully saturated rings. The van der Waals surface area contributed by atoms with Crippen molar-refractivity contribution in [2.24, 2.45) is 0 Å². The first-order valence-corrected chi connectivity index (χ1v) is 6.92. The van der Waals surface area contributed by atoms with Crippen molar-refractivity contribution < 1.29 is 22.4 Å². The number of rotatable bonds is 5. The van der Waals surface area contributed by atoms with Crippen molar-refractivity contribution in [2.45, 2.75) is 24.4 Å². The SMILES string of the molecule is CN(C)CC(=O)NCC1(c2cc(F)cc(C(F)(F)F)c2)CC1. The zero-order chi connectivity index (χ0) is 16.5. The van der Waals surface area contributed by atoms with E-state index in [4.69, 9.17) is 0 Å². The average Bonchev–Trinajstić information content (AvgIpc) is 3.15. The Bertz CT molecular complexity index is 565. The predicted octanol–water partition coefficient (Wildman–Crippen LogP) is 2.55. The highest BCUT2D eigenvalue weighted by atomic mass is 19.4. The van der Waals surface area contributed by atoms with Gasteiger partial charge in [0.15, 0.2) is 0 Å². The molecule has 0 heterocycles. The molecular weight excluding hydrogens is 300 g/mol. The quantitative estimate of drug-likeness (QED) is 0.846. The van der Waals surface area contributed by atoms with Crippen molar-refractivity contribution >= 4 is 5.91 Å². The van der Waals surface area contributed by atoms with Crippen LogP contribution in [0.4, 0.5) is 17.6 Å². The van der Waals surface area contributed by atoms with E-state index >= 15 is 0 Å². The molecule has 0 aliphatic heterocycles. The highest BCUT2D eigenvalue weighted by Crippen LogP contribution is 2.48. The van der Waals surface area contributed by atoms with E-state index in [9.17, 15) is 22.4 Å². The summed E-state index contributed by atoms with van der Waals surface area (Å²) < 4.78 is 51.8. The summed E-state index contributed by atoms with van der Waals surface area (Å²) in [7, 11) is 3.49. The highest BCUT2D eigenvalue weighted by Gasteiger charge is 2.45. The largest absolute Gasteiger partial charge is 0.416 e. The smallest absolute Gasteiger partial charge is 0.354 e. The number of benzene rings is 1. The van der Waals surface area contributed by atoms with Crippen molar-refractivity contribution in [2.75, 3.05) is 27.2 Å². The van der Waals surface area contributed by atoms with Crippen LogP contribution in [0.1, 0.15) is 24.0 Å². The number of alkyl halides is 3. The van der Waals surface area contributed by atoms with Crippen LogP contribution in [0.15, 0.2) is 18.2 Å². The number of carbonyl (C=O) groups is 1. The van der Waals surface area contributed by atoms with Crippen LogP contribution >= 0.6 is 0 Å². The fourth-order valence-corrected chi connectivity index (χ4v) is 2.39. The molecule has 1 aliphatic rings. The molecule has 122 valence electrons. The Morgan fingerprint density at radius 1 is 1.27 bits per heavy atom. The van der Waals surface area contributed by atoms with E-state index in [1.54, 1.807) is 19.0 Å². The highest BCUT2D eigenvalue weighted by molar-refractivity contribution is 5.78. The molecule has 1 N–H and O–H groups in total. The molecule has 1 amide bonds. The first-order chi connectivity index (χ1) is 10.1. The molecule has 3 nitrogen and oxygen atoms in total. The van der Waals surface area contributed by atoms with Gasteiger partial charge in [0.1, 0.15) is 5.82 Å². The second kappa shape index (κ2) is 5.87. The molecule has 0 spiro atoms. The lowest BCUT2D eigenvalue weighted by atomic mass is 9.94. The topological polar surface area (TPSA) is 32.3 Å². The lowest BCUT2D eigenvalue weighted by Gasteiger charge is -2.19. The third-order valence-corrected chi connectivity index (χ3v) is 3.77. The van der Waals surface area contributed by atoms with Crippen LogP contribution in [0.2, 0.25) is 0 Å². The number of likely N-dealkylation sites (N-methyl/N-ethyl adjacent to an activating group) is 1. The second-order valence-corrected chi connectivity index (χ2v) is 6.02. The van der Waals surface area contributed by atoms with Gasteiger partial charge in [-0.15, -0.1) is 0 Å². The number of nitrogens with zero attached hydrogens (tertiary/aromatic N) is 1. The summed E-state index contributed by atoms with van der Waals surface area (Å²) >= 11 is 0. The van der Waals surface area contributed by atoms with Crippen LogP contribution in [0.3, 0.4) is 0 Å². The summed E-state index contributed by atoms with van der Waals surface area (Å²) in [5.74, 6) is -1.11. The van der Waals surface area contributed by atoms with Gasteiger partial charge in [-0.2, -0.15) is 13.2 Å². The average molecular weight is 318 g/mol. The Hall–Kier alpha value is -1.63. The first kappa shape index (κ1) is 16.7. The van der Waals surface area contributed by atoms with Crippen LogP contribution in [0, 0.1) is 5.82 Å². The van der Waals surface area contributed by atoms with Gasteiger partial charge in [0.25, 0.3) is 0 Å². The van der Waals surface area contributed by atoms with Gasteiger partial charge in [-0.05, 0) is 50.7 Å². The van der Waals surface area contributed by atoms with Crippen molar-refractivity contribution in [1.29, 1.82) is 0 Å². The number of nitrogens with one attached hydrogen (secondary N) is 1. The normalized spacial score (nSPS) is 16.7. The Balaban J connectivity index is 2.13. The minimum absolute atomic E-state index is 0.201. The standard InChI is InChI=1S/C15H18F4N2O/c1-21(2)8-13(22)20-9-14(3-4-14)10-5-11(15(17,18)19)7-12(16)6-10/h5-7H,3-4,8-9H2,1-2H3,(H,20,22). The summed E-state index contributed by atoms with van der Waals surface area (Å²) in [6, 6.07) is 2.60. The van der Waals surface area contributed by atoms with Gasteiger partial charge in [-0.25, -0.2) is 4.39 Å². The van der Waals surface area contributed by atoms with E-state index in [-0.39, 0.29) is 19.0 Å². The van der Waals surface area contributed by atoms with Crippen LogP contribution in [-0.4, -0.2) is 38.0 Å². The van der Waals surface area contributed by atoms with Crippen LogP contribution < -0.4 is 5.32 Å². The van der Waals surface area contributed by atoms with Gasteiger partial charge in [-0.1, -0.05) is 0 Å². The van der Waals surface area contributed by atoms with Crippen LogP contribution in [0.25, 0.3) is 0 Å². The fraction of sp³-hybridized carbons (Fsp3) is 0.533. The lowest BCUT2D eigenvalue weighted by molar-refractivity contribution is -0.137. The Kier molecular flexibility index (Phi) is 4.47. The molecule has 1 saturated carbocycles. The molecular formula is C15H18F4N2O. The van der Waals surface area contributed by atoms with E-state index in [0.29, 0.717) is 24.5 Å². The van der Waals surface area contributed by atoms with Crippen molar-refractivity contribution in [3.63, 3.8) is 0 Å². The van der Waals surface area contributed by atoms with Gasteiger partial charge in [0.05, 0.1) is 12.1 Å². The number of hydrogen-bond donors (Lipinski definition) is 1. The Morgan fingerprint density at radius 2 is 1.91 bits per heavy atom. The lowest BCUT2D eigenvalue weighted by Crippen LogP contribution is -2.38. The van der Waals surface area contributed by atoms with Crippen LogP contribution in [-0.2, 0) is 16.4 Å². The molecule has 0 saturated heterocycles. The van der Waals surface area contributed by atoms with Crippen molar-refractivity contribution in [1.82, 2.24) is 10.2 Å². The zero-order valence-electron chi connectivity index (χ0n) is 12.4. The summed E-state index contributed by atoms with van der Waals surface area (Å²) in [5, 5.41) is 2.71. The molecule has 0 unspecified atom stereocenters. The third-order valence-electron chi connectivity index (χ3n) is 3.77. The number of hydrogen-bond acceptors (Lipinski definition) is 2. The molecule has 2 rings (SSSR count). The zero-order valence-corrected chi connectivity index (χ0v) is 12.4. The molecule has 0 bridgehead atoms. The van der Waals surface area contributed by atoms with Gasteiger partial charge < -0.3 is 10.2 Å². The van der Waals surface area contributed by atoms with E-state index in [0.717, 1.165) is 12.1 Å². The molecule has 0 radical (unpaired) electrons. The summed E-state index contributed by atoms with van der Waals surface area (Å²) in [5.41, 5.74) is -1.28. The van der Waals surface area contributed by atoms with E-state index in [2.05, 4.69) is 5.32 Å². The number of carbonyl (C=O) groups excluding carboxylic acids is 1. The number of halogens is 4. The van der Waals surface area contributed by atoms with Crippen molar-refractivity contribution in [3.8, 4) is 0 Å². The summed E-state index contributed by atoms with van der Waals surface area (Å²) in [6.45, 7) is 0.424. The molecule has 22 heavy (non-hydrogen) atoms. The maximum atomic E-state index is 13.5. The van der Waals surface area contributed by atoms with Gasteiger partial charge >= 0.3 is 6.18 Å². The van der Waals surface area contributed by atoms with Gasteiger partial charge in [-0.3, -0.25) is 4.79 Å². The minimum Gasteiger partial charge on any atom is -0.354 e. The summed E-state index contributed by atoms with van der Waals surface area (Å²) in [4.78, 5) is 13.3. The molecule has 1 aromatic carbocycles. The minimum atomic E-state index is -4.58. The van der Waals surface area contributed by atoms with Crippen LogP contribution in [0.5, 0.6) is 0 Å². The second-order valence-electron chi connectivity index (χ2n) is 6.02. The van der Waals surface area contributed by atoms with Gasteiger partial charge in [0, 0.05) is 12.0 Å². The molecule has 0 aromatic heterocycles. The molecule has 7 heteroatoms. The Labute approximate surface area is 126 Å². The first-order valence-electron chi connectivity index (χ1n) is 6.92. The third kappa shape index (κ3) is 3.97. The predicted molar refractivity (Wildman–Crippen MR) is 73.9 cm³/mol. The fourth-order valence-electron chi connectivity index (χ4n) is 2.39. The summed E-state index contributed by atoms with van der Waals surface area (Å²) in [6.07, 6.45) is -3.31. The Morgan fingerprint density at radius 3 is 2.41 bits per heavy atom. The maximum absolute atomic E-state index is 13.5. The monoisotopic (exact) mass is 318 g/mol. The number of amides is 1. The van der Waals surface area contributed by atoms with E-state index in [1.165, 1.54) is 0 Å². The molecule has 0 atom stereocenters.